The number of hydrogen-bond donors (Lipinski definition) is 0. The van der Waals surface area contributed by atoms with Crippen LogP contribution in [0.3, 0.4) is 0 Å². The SMILES string of the molecule is C[C@@H]1CCc2c(sc3c2C2=NS(=O)(=O)CCN2C=N3)C1. The molecule has 0 spiro atoms. The minimum atomic E-state index is -3.32. The summed E-state index contributed by atoms with van der Waals surface area (Å²) in [6, 6.07) is 0. The number of thiophene rings is 1. The molecule has 106 valence electrons. The topological polar surface area (TPSA) is 62.1 Å². The Hall–Kier alpha value is -1.21. The number of aliphatic imine (C=N–C) groups is 1. The second-order valence-electron chi connectivity index (χ2n) is 5.67. The van der Waals surface area contributed by atoms with Crippen molar-refractivity contribution in [1.82, 2.24) is 4.90 Å². The summed E-state index contributed by atoms with van der Waals surface area (Å²) >= 11 is 1.70. The first kappa shape index (κ1) is 12.5. The summed E-state index contributed by atoms with van der Waals surface area (Å²) in [5.41, 5.74) is 2.25. The molecule has 2 aliphatic heterocycles. The van der Waals surface area contributed by atoms with Gasteiger partial charge in [-0.25, -0.2) is 13.4 Å². The van der Waals surface area contributed by atoms with E-state index in [0.29, 0.717) is 18.3 Å². The van der Waals surface area contributed by atoms with Crippen molar-refractivity contribution < 1.29 is 8.42 Å². The van der Waals surface area contributed by atoms with Crippen molar-refractivity contribution in [2.75, 3.05) is 12.3 Å². The van der Waals surface area contributed by atoms with Gasteiger partial charge in [-0.1, -0.05) is 6.92 Å². The molecule has 1 aromatic heterocycles. The zero-order chi connectivity index (χ0) is 13.9. The fraction of sp³-hybridized carbons (Fsp3) is 0.538. The van der Waals surface area contributed by atoms with E-state index in [-0.39, 0.29) is 5.75 Å². The summed E-state index contributed by atoms with van der Waals surface area (Å²) in [6.45, 7) is 2.71. The van der Waals surface area contributed by atoms with Gasteiger partial charge in [-0.05, 0) is 30.7 Å². The molecule has 1 atom stereocenters. The highest BCUT2D eigenvalue weighted by Gasteiger charge is 2.34. The molecule has 7 heteroatoms. The summed E-state index contributed by atoms with van der Waals surface area (Å²) in [6.07, 6.45) is 4.95. The van der Waals surface area contributed by atoms with Crippen LogP contribution in [0.4, 0.5) is 5.00 Å². The third kappa shape index (κ3) is 1.83. The number of hydrogen-bond acceptors (Lipinski definition) is 5. The average Bonchev–Trinajstić information content (AvgIpc) is 2.75. The van der Waals surface area contributed by atoms with Gasteiger partial charge in [-0.15, -0.1) is 15.7 Å². The third-order valence-electron chi connectivity index (χ3n) is 4.12. The molecule has 0 bridgehead atoms. The first-order chi connectivity index (χ1) is 9.53. The van der Waals surface area contributed by atoms with Crippen LogP contribution in [0.1, 0.15) is 29.3 Å². The molecule has 0 amide bonds. The molecule has 3 heterocycles. The highest BCUT2D eigenvalue weighted by molar-refractivity contribution is 7.90. The Morgan fingerprint density at radius 2 is 2.30 bits per heavy atom. The molecular formula is C13H15N3O2S2. The summed E-state index contributed by atoms with van der Waals surface area (Å²) < 4.78 is 27.6. The minimum Gasteiger partial charge on any atom is -0.315 e. The molecule has 0 radical (unpaired) electrons. The predicted octanol–water partition coefficient (Wildman–Crippen LogP) is 1.94. The number of nitrogens with zero attached hydrogens (tertiary/aromatic N) is 3. The molecule has 0 aromatic carbocycles. The van der Waals surface area contributed by atoms with Crippen molar-refractivity contribution in [2.45, 2.75) is 26.2 Å². The number of sulfonamides is 1. The quantitative estimate of drug-likeness (QED) is 0.736. The summed E-state index contributed by atoms with van der Waals surface area (Å²) in [5, 5.41) is 0.927. The largest absolute Gasteiger partial charge is 0.315 e. The van der Waals surface area contributed by atoms with Gasteiger partial charge in [-0.2, -0.15) is 0 Å². The number of rotatable bonds is 0. The van der Waals surface area contributed by atoms with E-state index in [4.69, 9.17) is 0 Å². The van der Waals surface area contributed by atoms with Gasteiger partial charge >= 0.3 is 0 Å². The first-order valence-corrected chi connectivity index (χ1v) is 9.24. The van der Waals surface area contributed by atoms with Crippen molar-refractivity contribution >= 4 is 38.5 Å². The number of amidine groups is 1. The van der Waals surface area contributed by atoms with E-state index in [1.807, 2.05) is 4.90 Å². The van der Waals surface area contributed by atoms with Crippen LogP contribution in [0, 0.1) is 5.92 Å². The van der Waals surface area contributed by atoms with Crippen LogP contribution in [0.5, 0.6) is 0 Å². The van der Waals surface area contributed by atoms with Gasteiger partial charge in [-0.3, -0.25) is 0 Å². The van der Waals surface area contributed by atoms with Gasteiger partial charge in [0.15, 0.2) is 5.84 Å². The molecule has 20 heavy (non-hydrogen) atoms. The molecule has 0 unspecified atom stereocenters. The van der Waals surface area contributed by atoms with E-state index in [1.54, 1.807) is 17.7 Å². The van der Waals surface area contributed by atoms with Crippen LogP contribution in [-0.2, 0) is 22.9 Å². The molecule has 4 rings (SSSR count). The van der Waals surface area contributed by atoms with E-state index in [0.717, 1.165) is 29.8 Å². The zero-order valence-electron chi connectivity index (χ0n) is 11.2. The van der Waals surface area contributed by atoms with Gasteiger partial charge < -0.3 is 4.90 Å². The van der Waals surface area contributed by atoms with E-state index in [9.17, 15) is 8.42 Å². The average molecular weight is 309 g/mol. The van der Waals surface area contributed by atoms with Crippen LogP contribution in [0.15, 0.2) is 9.39 Å². The van der Waals surface area contributed by atoms with Crippen LogP contribution >= 0.6 is 11.3 Å². The zero-order valence-corrected chi connectivity index (χ0v) is 12.8. The lowest BCUT2D eigenvalue weighted by Gasteiger charge is -2.28. The van der Waals surface area contributed by atoms with Crippen molar-refractivity contribution in [2.24, 2.45) is 15.3 Å². The molecule has 3 aliphatic rings. The molecule has 1 aromatic rings. The smallest absolute Gasteiger partial charge is 0.256 e. The third-order valence-corrected chi connectivity index (χ3v) is 6.43. The monoisotopic (exact) mass is 309 g/mol. The number of fused-ring (bicyclic) bond motifs is 5. The fourth-order valence-electron chi connectivity index (χ4n) is 3.03. The highest BCUT2D eigenvalue weighted by Crippen LogP contribution is 2.43. The molecule has 0 fully saturated rings. The van der Waals surface area contributed by atoms with E-state index < -0.39 is 10.0 Å². The summed E-state index contributed by atoms with van der Waals surface area (Å²) in [5.74, 6) is 1.36. The summed E-state index contributed by atoms with van der Waals surface area (Å²) in [4.78, 5) is 7.73. The van der Waals surface area contributed by atoms with Gasteiger partial charge in [0.25, 0.3) is 10.0 Å². The van der Waals surface area contributed by atoms with Crippen LogP contribution in [0.25, 0.3) is 0 Å². The van der Waals surface area contributed by atoms with Crippen LogP contribution in [0.2, 0.25) is 0 Å². The fourth-order valence-corrected chi connectivity index (χ4v) is 5.35. The maximum absolute atomic E-state index is 11.8. The Labute approximate surface area is 122 Å². The van der Waals surface area contributed by atoms with Gasteiger partial charge in [0.1, 0.15) is 5.00 Å². The van der Waals surface area contributed by atoms with Crippen LogP contribution < -0.4 is 0 Å². The lowest BCUT2D eigenvalue weighted by Crippen LogP contribution is -2.41. The molecular weight excluding hydrogens is 294 g/mol. The maximum atomic E-state index is 11.8. The molecule has 1 aliphatic carbocycles. The maximum Gasteiger partial charge on any atom is 0.256 e. The Kier molecular flexibility index (Phi) is 2.59. The van der Waals surface area contributed by atoms with Gasteiger partial charge in [0.05, 0.1) is 17.7 Å². The minimum absolute atomic E-state index is 0.0706. The normalized spacial score (nSPS) is 26.6. The lowest BCUT2D eigenvalue weighted by molar-refractivity contribution is 0.506. The van der Waals surface area contributed by atoms with Crippen molar-refractivity contribution in [3.05, 3.63) is 16.0 Å². The van der Waals surface area contributed by atoms with E-state index in [2.05, 4.69) is 16.3 Å². The van der Waals surface area contributed by atoms with Gasteiger partial charge in [0, 0.05) is 11.4 Å². The standard InChI is InChI=1S/C13H15N3O2S2/c1-8-2-3-9-10(6-8)19-13-11(9)12-15-20(17,18)5-4-16(12)7-14-13/h7-8H,2-6H2,1H3/t8-/m1/s1. The Morgan fingerprint density at radius 3 is 3.15 bits per heavy atom. The van der Waals surface area contributed by atoms with Crippen molar-refractivity contribution in [1.29, 1.82) is 0 Å². The molecule has 5 nitrogen and oxygen atoms in total. The summed E-state index contributed by atoms with van der Waals surface area (Å²) in [7, 11) is -3.32. The molecule has 0 N–H and O–H groups in total. The predicted molar refractivity (Wildman–Crippen MR) is 80.7 cm³/mol. The highest BCUT2D eigenvalue weighted by atomic mass is 32.2. The first-order valence-electron chi connectivity index (χ1n) is 6.82. The second kappa shape index (κ2) is 4.14. The Balaban J connectivity index is 1.92. The van der Waals surface area contributed by atoms with Crippen molar-refractivity contribution in [3.63, 3.8) is 0 Å². The molecule has 0 saturated carbocycles. The lowest BCUT2D eigenvalue weighted by atomic mass is 9.88. The second-order valence-corrected chi connectivity index (χ2v) is 8.51. The Bertz CT molecular complexity index is 746. The van der Waals surface area contributed by atoms with Crippen LogP contribution in [-0.4, -0.2) is 37.8 Å². The van der Waals surface area contributed by atoms with Crippen molar-refractivity contribution in [3.8, 4) is 0 Å². The Morgan fingerprint density at radius 1 is 1.45 bits per heavy atom. The van der Waals surface area contributed by atoms with E-state index >= 15 is 0 Å². The van der Waals surface area contributed by atoms with E-state index in [1.165, 1.54) is 10.4 Å². The molecule has 0 saturated heterocycles. The van der Waals surface area contributed by atoms with Gasteiger partial charge in [0.2, 0.25) is 0 Å².